The highest BCUT2D eigenvalue weighted by Gasteiger charge is 2.33. The predicted octanol–water partition coefficient (Wildman–Crippen LogP) is 1.69. The molecule has 2 rings (SSSR count). The van der Waals surface area contributed by atoms with Gasteiger partial charge >= 0.3 is 5.97 Å². The van der Waals surface area contributed by atoms with Gasteiger partial charge in [-0.15, -0.1) is 0 Å². The first kappa shape index (κ1) is 21.3. The van der Waals surface area contributed by atoms with Crippen molar-refractivity contribution in [2.75, 3.05) is 26.2 Å². The van der Waals surface area contributed by atoms with Crippen molar-refractivity contribution < 1.29 is 27.1 Å². The zero-order valence-electron chi connectivity index (χ0n) is 15.3. The Morgan fingerprint density at radius 2 is 1.85 bits per heavy atom. The number of unbranched alkanes of at least 4 members (excludes halogenated alkanes) is 1. The molecule has 1 fully saturated rings. The van der Waals surface area contributed by atoms with Gasteiger partial charge in [0, 0.05) is 19.6 Å². The smallest absolute Gasteiger partial charge is 0.309 e. The number of nitrogens with one attached hydrogen (secondary N) is 1. The summed E-state index contributed by atoms with van der Waals surface area (Å²) < 4.78 is 44.4. The van der Waals surface area contributed by atoms with Gasteiger partial charge in [-0.3, -0.25) is 9.59 Å². The quantitative estimate of drug-likeness (QED) is 0.529. The number of ether oxygens (including phenoxy) is 1. The first-order valence-corrected chi connectivity index (χ1v) is 10.5. The van der Waals surface area contributed by atoms with Crippen LogP contribution in [-0.2, 0) is 24.3 Å². The van der Waals surface area contributed by atoms with Crippen LogP contribution in [0.4, 0.5) is 4.39 Å². The molecule has 0 spiro atoms. The molecule has 0 atom stereocenters. The molecule has 1 saturated heterocycles. The van der Waals surface area contributed by atoms with Gasteiger partial charge in [-0.1, -0.05) is 13.3 Å². The molecule has 1 N–H and O–H groups in total. The van der Waals surface area contributed by atoms with E-state index in [1.165, 1.54) is 16.4 Å². The Morgan fingerprint density at radius 3 is 2.44 bits per heavy atom. The van der Waals surface area contributed by atoms with Gasteiger partial charge in [0.25, 0.3) is 5.91 Å². The average Bonchev–Trinajstić information content (AvgIpc) is 2.67. The maximum absolute atomic E-state index is 13.0. The average molecular weight is 400 g/mol. The Labute approximate surface area is 158 Å². The van der Waals surface area contributed by atoms with Crippen LogP contribution >= 0.6 is 0 Å². The third-order valence-corrected chi connectivity index (χ3v) is 6.35. The van der Waals surface area contributed by atoms with Crippen molar-refractivity contribution in [1.29, 1.82) is 0 Å². The Bertz CT molecular complexity index is 744. The lowest BCUT2D eigenvalue weighted by atomic mass is 9.98. The number of hydrogen-bond donors (Lipinski definition) is 1. The highest BCUT2D eigenvalue weighted by Crippen LogP contribution is 2.24. The summed E-state index contributed by atoms with van der Waals surface area (Å²) in [5, 5.41) is 2.66. The van der Waals surface area contributed by atoms with Crippen LogP contribution in [0.5, 0.6) is 0 Å². The van der Waals surface area contributed by atoms with Crippen LogP contribution < -0.4 is 5.32 Å². The number of benzene rings is 1. The molecule has 1 aliphatic rings. The van der Waals surface area contributed by atoms with Crippen LogP contribution in [0.1, 0.15) is 32.6 Å². The Kier molecular flexibility index (Phi) is 7.73. The molecule has 0 aliphatic carbocycles. The molecule has 150 valence electrons. The van der Waals surface area contributed by atoms with Gasteiger partial charge in [0.2, 0.25) is 10.0 Å². The van der Waals surface area contributed by atoms with Gasteiger partial charge in [0.1, 0.15) is 5.82 Å². The van der Waals surface area contributed by atoms with Crippen molar-refractivity contribution in [3.8, 4) is 0 Å². The summed E-state index contributed by atoms with van der Waals surface area (Å²) in [4.78, 5) is 23.7. The number of hydrogen-bond acceptors (Lipinski definition) is 5. The van der Waals surface area contributed by atoms with E-state index in [4.69, 9.17) is 4.74 Å². The van der Waals surface area contributed by atoms with Gasteiger partial charge in [-0.05, 0) is 43.5 Å². The van der Waals surface area contributed by atoms with Crippen LogP contribution in [0, 0.1) is 11.7 Å². The van der Waals surface area contributed by atoms with E-state index in [1.807, 2.05) is 6.92 Å². The van der Waals surface area contributed by atoms with E-state index in [-0.39, 0.29) is 30.5 Å². The van der Waals surface area contributed by atoms with Gasteiger partial charge in [0.05, 0.1) is 10.8 Å². The summed E-state index contributed by atoms with van der Waals surface area (Å²) in [5.74, 6) is -1.77. The summed E-state index contributed by atoms with van der Waals surface area (Å²) in [5.41, 5.74) is 0. The van der Waals surface area contributed by atoms with Crippen molar-refractivity contribution in [2.45, 2.75) is 37.5 Å². The van der Waals surface area contributed by atoms with Gasteiger partial charge < -0.3 is 10.1 Å². The number of esters is 1. The van der Waals surface area contributed by atoms with E-state index in [9.17, 15) is 22.4 Å². The normalized spacial score (nSPS) is 16.1. The second kappa shape index (κ2) is 9.80. The van der Waals surface area contributed by atoms with Crippen molar-refractivity contribution >= 4 is 21.9 Å². The SMILES string of the molecule is CCCCNC(=O)COC(=O)C1CCN(S(=O)(=O)c2ccc(F)cc2)CC1. The van der Waals surface area contributed by atoms with Crippen LogP contribution in [0.15, 0.2) is 29.2 Å². The highest BCUT2D eigenvalue weighted by atomic mass is 32.2. The number of carbonyl (C=O) groups is 2. The molecule has 0 saturated carbocycles. The number of halogens is 1. The molecule has 1 amide bonds. The number of carbonyl (C=O) groups excluding carboxylic acids is 2. The minimum absolute atomic E-state index is 0.0219. The van der Waals surface area contributed by atoms with E-state index in [2.05, 4.69) is 5.32 Å². The molecule has 1 aliphatic heterocycles. The van der Waals surface area contributed by atoms with Gasteiger partial charge in [-0.2, -0.15) is 4.31 Å². The second-order valence-electron chi connectivity index (χ2n) is 6.44. The molecule has 27 heavy (non-hydrogen) atoms. The van der Waals surface area contributed by atoms with Crippen molar-refractivity contribution in [3.05, 3.63) is 30.1 Å². The van der Waals surface area contributed by atoms with Crippen LogP contribution in [-0.4, -0.2) is 50.8 Å². The van der Waals surface area contributed by atoms with Crippen molar-refractivity contribution in [2.24, 2.45) is 5.92 Å². The fourth-order valence-electron chi connectivity index (χ4n) is 2.80. The second-order valence-corrected chi connectivity index (χ2v) is 8.38. The molecule has 0 radical (unpaired) electrons. The fourth-order valence-corrected chi connectivity index (χ4v) is 4.27. The van der Waals surface area contributed by atoms with E-state index in [0.717, 1.165) is 25.0 Å². The number of amides is 1. The van der Waals surface area contributed by atoms with Crippen LogP contribution in [0.25, 0.3) is 0 Å². The number of sulfonamides is 1. The Morgan fingerprint density at radius 1 is 1.22 bits per heavy atom. The largest absolute Gasteiger partial charge is 0.455 e. The summed E-state index contributed by atoms with van der Waals surface area (Å²) in [6, 6.07) is 4.65. The van der Waals surface area contributed by atoms with Crippen molar-refractivity contribution in [3.63, 3.8) is 0 Å². The minimum atomic E-state index is -3.72. The summed E-state index contributed by atoms with van der Waals surface area (Å²) in [6.45, 7) is 2.57. The van der Waals surface area contributed by atoms with Crippen LogP contribution in [0.2, 0.25) is 0 Å². The molecule has 1 aromatic carbocycles. The lowest BCUT2D eigenvalue weighted by molar-refractivity contribution is -0.153. The van der Waals surface area contributed by atoms with Gasteiger partial charge in [-0.25, -0.2) is 12.8 Å². The van der Waals surface area contributed by atoms with Gasteiger partial charge in [0.15, 0.2) is 6.61 Å². The number of piperidine rings is 1. The monoisotopic (exact) mass is 400 g/mol. The standard InChI is InChI=1S/C18H25FN2O5S/c1-2-3-10-20-17(22)13-26-18(23)14-8-11-21(12-9-14)27(24,25)16-6-4-15(19)5-7-16/h4-7,14H,2-3,8-13H2,1H3,(H,20,22). The number of nitrogens with zero attached hydrogens (tertiary/aromatic N) is 1. The molecule has 0 unspecified atom stereocenters. The zero-order valence-corrected chi connectivity index (χ0v) is 16.1. The predicted molar refractivity (Wildman–Crippen MR) is 96.8 cm³/mol. The topological polar surface area (TPSA) is 92.8 Å². The summed E-state index contributed by atoms with van der Waals surface area (Å²) in [7, 11) is -3.72. The number of rotatable bonds is 8. The lowest BCUT2D eigenvalue weighted by Gasteiger charge is -2.30. The Hall–Kier alpha value is -2.00. The van der Waals surface area contributed by atoms with Crippen molar-refractivity contribution in [1.82, 2.24) is 9.62 Å². The van der Waals surface area contributed by atoms with E-state index in [0.29, 0.717) is 19.4 Å². The minimum Gasteiger partial charge on any atom is -0.455 e. The first-order valence-electron chi connectivity index (χ1n) is 9.03. The van der Waals surface area contributed by atoms with Crippen LogP contribution in [0.3, 0.4) is 0 Å². The van der Waals surface area contributed by atoms with E-state index < -0.39 is 27.7 Å². The molecular weight excluding hydrogens is 375 g/mol. The highest BCUT2D eigenvalue weighted by molar-refractivity contribution is 7.89. The third-order valence-electron chi connectivity index (χ3n) is 4.44. The molecule has 7 nitrogen and oxygen atoms in total. The van der Waals surface area contributed by atoms with E-state index in [1.54, 1.807) is 0 Å². The first-order chi connectivity index (χ1) is 12.8. The molecule has 0 bridgehead atoms. The van der Waals surface area contributed by atoms with E-state index >= 15 is 0 Å². The third kappa shape index (κ3) is 6.00. The maximum atomic E-state index is 13.0. The Balaban J connectivity index is 1.81. The summed E-state index contributed by atoms with van der Waals surface area (Å²) in [6.07, 6.45) is 2.45. The molecule has 9 heteroatoms. The lowest BCUT2D eigenvalue weighted by Crippen LogP contribution is -2.41. The molecule has 1 heterocycles. The molecular formula is C18H25FN2O5S. The fraction of sp³-hybridized carbons (Fsp3) is 0.556. The maximum Gasteiger partial charge on any atom is 0.309 e. The molecule has 1 aromatic rings. The zero-order chi connectivity index (χ0) is 19.9. The molecule has 0 aromatic heterocycles. The summed E-state index contributed by atoms with van der Waals surface area (Å²) >= 11 is 0.